The number of para-hydroxylation sites is 1. The third-order valence-corrected chi connectivity index (χ3v) is 7.27. The van der Waals surface area contributed by atoms with Crippen molar-refractivity contribution in [3.8, 4) is 11.5 Å². The quantitative estimate of drug-likeness (QED) is 0.272. The lowest BCUT2D eigenvalue weighted by Crippen LogP contribution is -2.29. The molecule has 2 heterocycles. The van der Waals surface area contributed by atoms with Crippen LogP contribution in [0.25, 0.3) is 10.9 Å². The highest BCUT2D eigenvalue weighted by Gasteiger charge is 2.29. The Balaban J connectivity index is 1.76. The van der Waals surface area contributed by atoms with Gasteiger partial charge >= 0.3 is 5.97 Å². The number of ether oxygens (including phenoxy) is 1. The predicted molar refractivity (Wildman–Crippen MR) is 128 cm³/mol. The zero-order chi connectivity index (χ0) is 22.9. The van der Waals surface area contributed by atoms with E-state index >= 15 is 0 Å². The number of anilines is 1. The van der Waals surface area contributed by atoms with Crippen LogP contribution in [0.4, 0.5) is 5.69 Å². The van der Waals surface area contributed by atoms with Gasteiger partial charge in [0.25, 0.3) is 10.0 Å². The number of sulfonamides is 1. The number of hydrogen-bond acceptors (Lipinski definition) is 6. The number of carboxylic acid groups (broad SMARTS) is 1. The molecule has 0 aliphatic rings. The van der Waals surface area contributed by atoms with E-state index in [4.69, 9.17) is 4.74 Å². The highest BCUT2D eigenvalue weighted by molar-refractivity contribution is 14.1. The number of fused-ring (bicyclic) bond motifs is 1. The van der Waals surface area contributed by atoms with Crippen LogP contribution in [0.2, 0.25) is 0 Å². The van der Waals surface area contributed by atoms with Gasteiger partial charge in [-0.05, 0) is 65.1 Å². The van der Waals surface area contributed by atoms with Crippen LogP contribution >= 0.6 is 22.6 Å². The molecule has 4 aromatic rings. The Morgan fingerprint density at radius 3 is 2.28 bits per heavy atom. The summed E-state index contributed by atoms with van der Waals surface area (Å²) < 4.78 is 33.7. The van der Waals surface area contributed by atoms with Gasteiger partial charge in [0.2, 0.25) is 0 Å². The maximum atomic E-state index is 13.4. The fraction of sp³-hybridized carbons (Fsp3) is 0.0455. The molecule has 0 saturated heterocycles. The van der Waals surface area contributed by atoms with E-state index in [0.717, 1.165) is 4.31 Å². The van der Waals surface area contributed by atoms with Crippen molar-refractivity contribution in [1.82, 2.24) is 9.97 Å². The maximum Gasteiger partial charge on any atom is 0.340 e. The third-order valence-electron chi connectivity index (χ3n) is 4.72. The second kappa shape index (κ2) is 8.71. The highest BCUT2D eigenvalue weighted by Crippen LogP contribution is 2.35. The minimum atomic E-state index is -4.07. The second-order valence-corrected chi connectivity index (χ2v) is 9.67. The Morgan fingerprint density at radius 1 is 1.00 bits per heavy atom. The molecule has 0 unspecified atom stereocenters. The number of halogens is 1. The van der Waals surface area contributed by atoms with E-state index in [1.165, 1.54) is 31.3 Å². The highest BCUT2D eigenvalue weighted by atomic mass is 127. The molecular weight excluding hydrogens is 545 g/mol. The fourth-order valence-electron chi connectivity index (χ4n) is 3.18. The van der Waals surface area contributed by atoms with Gasteiger partial charge in [-0.25, -0.2) is 18.2 Å². The van der Waals surface area contributed by atoms with Crippen LogP contribution in [0.15, 0.2) is 78.0 Å². The van der Waals surface area contributed by atoms with Crippen LogP contribution < -0.4 is 9.04 Å². The molecule has 32 heavy (non-hydrogen) atoms. The summed E-state index contributed by atoms with van der Waals surface area (Å²) in [7, 11) is -2.74. The van der Waals surface area contributed by atoms with Crippen molar-refractivity contribution < 1.29 is 23.1 Å². The Hall–Kier alpha value is -3.25. The molecule has 0 aliphatic heterocycles. The normalized spacial score (nSPS) is 11.3. The SMILES string of the molecule is CN(c1c(C(=O)O)c(I)nc2ccccc12)S(=O)(=O)c1ccc(Oc2ccncc2)cc1. The zero-order valence-corrected chi connectivity index (χ0v) is 19.6. The first-order valence-corrected chi connectivity index (χ1v) is 11.8. The summed E-state index contributed by atoms with van der Waals surface area (Å²) in [6.07, 6.45) is 3.17. The van der Waals surface area contributed by atoms with E-state index in [0.29, 0.717) is 22.4 Å². The van der Waals surface area contributed by atoms with E-state index in [-0.39, 0.29) is 19.8 Å². The average molecular weight is 561 g/mol. The standard InChI is InChI=1S/C22H16IN3O5S/c1-26(20-17-4-2-3-5-18(17)25-21(23)19(20)22(27)28)32(29,30)16-8-6-14(7-9-16)31-15-10-12-24-13-11-15/h2-13H,1H3,(H,27,28). The summed E-state index contributed by atoms with van der Waals surface area (Å²) >= 11 is 1.81. The van der Waals surface area contributed by atoms with Crippen molar-refractivity contribution in [2.45, 2.75) is 4.90 Å². The molecule has 10 heteroatoms. The molecule has 0 bridgehead atoms. The van der Waals surface area contributed by atoms with E-state index < -0.39 is 16.0 Å². The molecular formula is C22H16IN3O5S. The number of carboxylic acids is 1. The first-order valence-electron chi connectivity index (χ1n) is 9.27. The molecule has 0 spiro atoms. The summed E-state index contributed by atoms with van der Waals surface area (Å²) in [6.45, 7) is 0. The third kappa shape index (κ3) is 4.10. The Labute approximate surface area is 197 Å². The number of hydrogen-bond donors (Lipinski definition) is 1. The topological polar surface area (TPSA) is 110 Å². The molecule has 162 valence electrons. The van der Waals surface area contributed by atoms with Gasteiger partial charge in [-0.15, -0.1) is 0 Å². The summed E-state index contributed by atoms with van der Waals surface area (Å²) in [5, 5.41) is 10.2. The first-order chi connectivity index (χ1) is 15.3. The van der Waals surface area contributed by atoms with Crippen LogP contribution in [0.5, 0.6) is 11.5 Å². The number of pyridine rings is 2. The largest absolute Gasteiger partial charge is 0.478 e. The van der Waals surface area contributed by atoms with Gasteiger partial charge in [0.15, 0.2) is 0 Å². The number of benzene rings is 2. The first kappa shape index (κ1) is 22.0. The minimum absolute atomic E-state index is 0.00526. The van der Waals surface area contributed by atoms with Gasteiger partial charge in [0.05, 0.1) is 16.1 Å². The van der Waals surface area contributed by atoms with Crippen LogP contribution in [-0.2, 0) is 10.0 Å². The molecule has 1 N–H and O–H groups in total. The predicted octanol–water partition coefficient (Wildman–Crippen LogP) is 4.55. The number of aromatic carboxylic acids is 1. The van der Waals surface area contributed by atoms with Crippen LogP contribution in [-0.4, -0.2) is 36.5 Å². The Kier molecular flexibility index (Phi) is 5.98. The molecule has 0 amide bonds. The fourth-order valence-corrected chi connectivity index (χ4v) is 5.15. The molecule has 4 rings (SSSR count). The monoisotopic (exact) mass is 561 g/mol. The lowest BCUT2D eigenvalue weighted by molar-refractivity contribution is 0.0696. The number of nitrogens with zero attached hydrogens (tertiary/aromatic N) is 3. The molecule has 2 aromatic heterocycles. The second-order valence-electron chi connectivity index (χ2n) is 6.68. The molecule has 0 radical (unpaired) electrons. The Morgan fingerprint density at radius 2 is 1.62 bits per heavy atom. The molecule has 0 aliphatic carbocycles. The minimum Gasteiger partial charge on any atom is -0.478 e. The molecule has 0 fully saturated rings. The van der Waals surface area contributed by atoms with Crippen molar-refractivity contribution in [3.05, 3.63) is 82.3 Å². The van der Waals surface area contributed by atoms with Gasteiger partial charge in [-0.1, -0.05) is 18.2 Å². The number of rotatable bonds is 6. The molecule has 2 aromatic carbocycles. The van der Waals surface area contributed by atoms with E-state index in [2.05, 4.69) is 9.97 Å². The number of carbonyl (C=O) groups is 1. The summed E-state index contributed by atoms with van der Waals surface area (Å²) in [4.78, 5) is 20.2. The van der Waals surface area contributed by atoms with Crippen molar-refractivity contribution in [2.24, 2.45) is 0 Å². The average Bonchev–Trinajstić information content (AvgIpc) is 2.78. The van der Waals surface area contributed by atoms with Gasteiger partial charge in [-0.2, -0.15) is 0 Å². The number of aromatic nitrogens is 2. The van der Waals surface area contributed by atoms with Crippen molar-refractivity contribution >= 4 is 55.2 Å². The lowest BCUT2D eigenvalue weighted by atomic mass is 10.1. The van der Waals surface area contributed by atoms with Crippen molar-refractivity contribution in [1.29, 1.82) is 0 Å². The smallest absolute Gasteiger partial charge is 0.340 e. The lowest BCUT2D eigenvalue weighted by Gasteiger charge is -2.23. The van der Waals surface area contributed by atoms with Crippen LogP contribution in [0, 0.1) is 3.70 Å². The van der Waals surface area contributed by atoms with Crippen molar-refractivity contribution in [3.63, 3.8) is 0 Å². The van der Waals surface area contributed by atoms with Gasteiger partial charge < -0.3 is 9.84 Å². The van der Waals surface area contributed by atoms with Gasteiger partial charge in [0, 0.05) is 24.8 Å². The maximum absolute atomic E-state index is 13.4. The van der Waals surface area contributed by atoms with Crippen molar-refractivity contribution in [2.75, 3.05) is 11.4 Å². The molecule has 0 saturated carbocycles. The van der Waals surface area contributed by atoms with E-state index in [9.17, 15) is 18.3 Å². The van der Waals surface area contributed by atoms with Gasteiger partial charge in [0.1, 0.15) is 20.8 Å². The Bertz CT molecular complexity index is 1410. The summed E-state index contributed by atoms with van der Waals surface area (Å²) in [5.74, 6) is -0.240. The zero-order valence-electron chi connectivity index (χ0n) is 16.6. The molecule has 0 atom stereocenters. The molecule has 8 nitrogen and oxygen atoms in total. The van der Waals surface area contributed by atoms with Crippen LogP contribution in [0.1, 0.15) is 10.4 Å². The van der Waals surface area contributed by atoms with Crippen LogP contribution in [0.3, 0.4) is 0 Å². The van der Waals surface area contributed by atoms with E-state index in [1.54, 1.807) is 71.4 Å². The van der Waals surface area contributed by atoms with E-state index in [1.807, 2.05) is 0 Å². The van der Waals surface area contributed by atoms with Gasteiger partial charge in [-0.3, -0.25) is 9.29 Å². The summed E-state index contributed by atoms with van der Waals surface area (Å²) in [6, 6.07) is 16.1. The summed E-state index contributed by atoms with van der Waals surface area (Å²) in [5.41, 5.74) is 0.387.